The minimum Gasteiger partial charge on any atom is -0.492 e. The number of hydrogen-bond acceptors (Lipinski definition) is 3. The molecular formula is C13H18F3N3O. The molecule has 1 aromatic carbocycles. The van der Waals surface area contributed by atoms with Gasteiger partial charge in [0.05, 0.1) is 6.54 Å². The van der Waals surface area contributed by atoms with Crippen molar-refractivity contribution in [2.75, 3.05) is 26.2 Å². The van der Waals surface area contributed by atoms with E-state index in [1.165, 1.54) is 4.90 Å². The Hall–Kier alpha value is -1.76. The minimum absolute atomic E-state index is 0.0427. The van der Waals surface area contributed by atoms with E-state index in [4.69, 9.17) is 15.9 Å². The average Bonchev–Trinajstić information content (AvgIpc) is 2.36. The van der Waals surface area contributed by atoms with Gasteiger partial charge in [0, 0.05) is 12.1 Å². The van der Waals surface area contributed by atoms with E-state index in [0.29, 0.717) is 17.9 Å². The molecule has 0 aromatic heterocycles. The summed E-state index contributed by atoms with van der Waals surface area (Å²) in [7, 11) is 0. The summed E-state index contributed by atoms with van der Waals surface area (Å²) in [6, 6.07) is 6.53. The molecule has 112 valence electrons. The molecule has 0 radical (unpaired) electrons. The number of nitrogen functional groups attached to an aromatic ring is 1. The molecule has 7 heteroatoms. The van der Waals surface area contributed by atoms with Gasteiger partial charge >= 0.3 is 6.18 Å². The normalized spacial score (nSPS) is 11.7. The van der Waals surface area contributed by atoms with Crippen LogP contribution >= 0.6 is 0 Å². The number of halogens is 3. The first-order valence-corrected chi connectivity index (χ1v) is 6.18. The molecule has 4 nitrogen and oxygen atoms in total. The van der Waals surface area contributed by atoms with E-state index in [2.05, 4.69) is 0 Å². The summed E-state index contributed by atoms with van der Waals surface area (Å²) in [6.07, 6.45) is -4.20. The highest BCUT2D eigenvalue weighted by atomic mass is 19.4. The maximum absolute atomic E-state index is 12.2. The Labute approximate surface area is 115 Å². The van der Waals surface area contributed by atoms with E-state index >= 15 is 0 Å². The minimum atomic E-state index is -4.20. The number of nitrogens with two attached hydrogens (primary N) is 1. The number of nitrogens with zero attached hydrogens (tertiary/aromatic N) is 1. The van der Waals surface area contributed by atoms with Gasteiger partial charge in [0.1, 0.15) is 18.2 Å². The van der Waals surface area contributed by atoms with Gasteiger partial charge in [-0.15, -0.1) is 0 Å². The topological polar surface area (TPSA) is 62.3 Å². The summed E-state index contributed by atoms with van der Waals surface area (Å²) in [6.45, 7) is 1.42. The Morgan fingerprint density at radius 1 is 1.30 bits per heavy atom. The molecule has 0 unspecified atom stereocenters. The Morgan fingerprint density at radius 3 is 2.35 bits per heavy atom. The van der Waals surface area contributed by atoms with Gasteiger partial charge in [0.15, 0.2) is 0 Å². The molecule has 0 aliphatic carbocycles. The highest BCUT2D eigenvalue weighted by Gasteiger charge is 2.29. The fourth-order valence-corrected chi connectivity index (χ4v) is 1.63. The molecule has 1 rings (SSSR count). The van der Waals surface area contributed by atoms with Crippen LogP contribution in [0, 0.1) is 5.41 Å². The van der Waals surface area contributed by atoms with Crippen LogP contribution < -0.4 is 10.5 Å². The number of hydrogen-bond donors (Lipinski definition) is 2. The Kier molecular flexibility index (Phi) is 5.82. The molecule has 0 spiro atoms. The van der Waals surface area contributed by atoms with Crippen LogP contribution in [0.2, 0.25) is 0 Å². The second kappa shape index (κ2) is 7.14. The lowest BCUT2D eigenvalue weighted by atomic mass is 10.2. The Balaban J connectivity index is 2.41. The first kappa shape index (κ1) is 16.3. The van der Waals surface area contributed by atoms with Crippen molar-refractivity contribution >= 4 is 5.84 Å². The van der Waals surface area contributed by atoms with E-state index < -0.39 is 12.7 Å². The van der Waals surface area contributed by atoms with Gasteiger partial charge in [-0.25, -0.2) is 0 Å². The summed E-state index contributed by atoms with van der Waals surface area (Å²) in [5, 5.41) is 7.23. The molecule has 0 aliphatic heterocycles. The highest BCUT2D eigenvalue weighted by molar-refractivity contribution is 5.94. The quantitative estimate of drug-likeness (QED) is 0.597. The molecule has 3 N–H and O–H groups in total. The zero-order valence-electron chi connectivity index (χ0n) is 11.2. The number of rotatable bonds is 7. The molecule has 0 aliphatic rings. The lowest BCUT2D eigenvalue weighted by molar-refractivity contribution is -0.146. The Bertz CT molecular complexity index is 431. The summed E-state index contributed by atoms with van der Waals surface area (Å²) in [4.78, 5) is 1.27. The van der Waals surface area contributed by atoms with E-state index in [0.717, 1.165) is 0 Å². The number of likely N-dealkylation sites (N-methyl/N-ethyl adjacent to an activating group) is 1. The standard InChI is InChI=1S/C13H18F3N3O/c1-2-19(9-13(14,15)16)7-8-20-11-5-3-10(4-6-11)12(17)18/h3-6H,2,7-9H2,1H3,(H3,17,18). The van der Waals surface area contributed by atoms with Gasteiger partial charge < -0.3 is 10.5 Å². The predicted molar refractivity (Wildman–Crippen MR) is 71.1 cm³/mol. The number of amidine groups is 1. The van der Waals surface area contributed by atoms with Crippen molar-refractivity contribution in [3.63, 3.8) is 0 Å². The lowest BCUT2D eigenvalue weighted by Crippen LogP contribution is -2.36. The van der Waals surface area contributed by atoms with E-state index in [9.17, 15) is 13.2 Å². The molecular weight excluding hydrogens is 271 g/mol. The van der Waals surface area contributed by atoms with Crippen LogP contribution in [-0.4, -0.2) is 43.2 Å². The molecule has 20 heavy (non-hydrogen) atoms. The average molecular weight is 289 g/mol. The largest absolute Gasteiger partial charge is 0.492 e. The van der Waals surface area contributed by atoms with Crippen molar-refractivity contribution in [1.29, 1.82) is 5.41 Å². The van der Waals surface area contributed by atoms with Gasteiger partial charge in [0.25, 0.3) is 0 Å². The van der Waals surface area contributed by atoms with Crippen LogP contribution in [0.3, 0.4) is 0 Å². The van der Waals surface area contributed by atoms with Crippen LogP contribution in [-0.2, 0) is 0 Å². The summed E-state index contributed by atoms with van der Waals surface area (Å²) in [5.41, 5.74) is 5.88. The third-order valence-corrected chi connectivity index (χ3v) is 2.69. The Morgan fingerprint density at radius 2 is 1.90 bits per heavy atom. The smallest absolute Gasteiger partial charge is 0.401 e. The molecule has 0 amide bonds. The SMILES string of the molecule is CCN(CCOc1ccc(C(=N)N)cc1)CC(F)(F)F. The van der Waals surface area contributed by atoms with Crippen molar-refractivity contribution in [1.82, 2.24) is 4.90 Å². The zero-order chi connectivity index (χ0) is 15.2. The van der Waals surface area contributed by atoms with Crippen molar-refractivity contribution < 1.29 is 17.9 Å². The first-order chi connectivity index (χ1) is 9.31. The third kappa shape index (κ3) is 5.92. The second-order valence-electron chi connectivity index (χ2n) is 4.27. The lowest BCUT2D eigenvalue weighted by Gasteiger charge is -2.21. The van der Waals surface area contributed by atoms with Crippen molar-refractivity contribution in [3.8, 4) is 5.75 Å². The first-order valence-electron chi connectivity index (χ1n) is 6.18. The van der Waals surface area contributed by atoms with Gasteiger partial charge in [-0.1, -0.05) is 6.92 Å². The molecule has 0 fully saturated rings. The van der Waals surface area contributed by atoms with Gasteiger partial charge in [-0.05, 0) is 30.8 Å². The molecule has 1 aromatic rings. The number of alkyl halides is 3. The fourth-order valence-electron chi connectivity index (χ4n) is 1.63. The monoisotopic (exact) mass is 289 g/mol. The van der Waals surface area contributed by atoms with Crippen LogP contribution in [0.5, 0.6) is 5.75 Å². The second-order valence-corrected chi connectivity index (χ2v) is 4.27. The van der Waals surface area contributed by atoms with Crippen LogP contribution in [0.15, 0.2) is 24.3 Å². The zero-order valence-corrected chi connectivity index (χ0v) is 11.2. The van der Waals surface area contributed by atoms with E-state index in [-0.39, 0.29) is 19.0 Å². The predicted octanol–water partition coefficient (Wildman–Crippen LogP) is 2.23. The van der Waals surface area contributed by atoms with E-state index in [1.807, 2.05) is 0 Å². The highest BCUT2D eigenvalue weighted by Crippen LogP contribution is 2.16. The maximum Gasteiger partial charge on any atom is 0.401 e. The van der Waals surface area contributed by atoms with Crippen LogP contribution in [0.1, 0.15) is 12.5 Å². The number of benzene rings is 1. The molecule has 0 saturated heterocycles. The van der Waals surface area contributed by atoms with Crippen molar-refractivity contribution in [3.05, 3.63) is 29.8 Å². The van der Waals surface area contributed by atoms with Gasteiger partial charge in [-0.3, -0.25) is 10.3 Å². The van der Waals surface area contributed by atoms with Gasteiger partial charge in [0.2, 0.25) is 0 Å². The molecule has 0 bridgehead atoms. The fraction of sp³-hybridized carbons (Fsp3) is 0.462. The molecule has 0 atom stereocenters. The molecule has 0 saturated carbocycles. The summed E-state index contributed by atoms with van der Waals surface area (Å²) >= 11 is 0. The van der Waals surface area contributed by atoms with Crippen molar-refractivity contribution in [2.24, 2.45) is 5.73 Å². The van der Waals surface area contributed by atoms with E-state index in [1.54, 1.807) is 31.2 Å². The summed E-state index contributed by atoms with van der Waals surface area (Å²) < 4.78 is 42.1. The number of nitrogens with one attached hydrogen (secondary N) is 1. The van der Waals surface area contributed by atoms with Crippen molar-refractivity contribution in [2.45, 2.75) is 13.1 Å². The third-order valence-electron chi connectivity index (χ3n) is 2.69. The molecule has 0 heterocycles. The summed E-state index contributed by atoms with van der Waals surface area (Å²) in [5.74, 6) is 0.497. The maximum atomic E-state index is 12.2. The number of ether oxygens (including phenoxy) is 1. The van der Waals surface area contributed by atoms with Crippen LogP contribution in [0.25, 0.3) is 0 Å². The van der Waals surface area contributed by atoms with Crippen LogP contribution in [0.4, 0.5) is 13.2 Å². The van der Waals surface area contributed by atoms with Gasteiger partial charge in [-0.2, -0.15) is 13.2 Å².